The number of halogens is 1. The number of aryl methyl sites for hydroxylation is 1. The summed E-state index contributed by atoms with van der Waals surface area (Å²) in [6, 6.07) is 11.4. The van der Waals surface area contributed by atoms with E-state index in [2.05, 4.69) is 26.0 Å². The standard InChI is InChI=1S/C22H25BrN4O2/c1-6-21-25-19-10-8-16(23)11-18(19)22(28)27(21)24-13-15-7-9-17(26(4)5)12-20(15)29-14(2)3/h7-14H,6H2,1-5H3. The predicted molar refractivity (Wildman–Crippen MR) is 123 cm³/mol. The summed E-state index contributed by atoms with van der Waals surface area (Å²) in [5.74, 6) is 1.33. The first kappa shape index (κ1) is 21.0. The third-order valence-electron chi connectivity index (χ3n) is 4.38. The summed E-state index contributed by atoms with van der Waals surface area (Å²) in [4.78, 5) is 19.7. The van der Waals surface area contributed by atoms with Crippen molar-refractivity contribution in [3.05, 3.63) is 62.6 Å². The lowest BCUT2D eigenvalue weighted by atomic mass is 10.2. The van der Waals surface area contributed by atoms with Crippen LogP contribution in [0.5, 0.6) is 5.75 Å². The van der Waals surface area contributed by atoms with Gasteiger partial charge in [0, 0.05) is 42.3 Å². The SMILES string of the molecule is CCc1nc2ccc(Br)cc2c(=O)n1N=Cc1ccc(N(C)C)cc1OC(C)C. The maximum Gasteiger partial charge on any atom is 0.282 e. The quantitative estimate of drug-likeness (QED) is 0.513. The molecule has 3 aromatic rings. The van der Waals surface area contributed by atoms with Crippen LogP contribution in [-0.2, 0) is 6.42 Å². The number of rotatable bonds is 6. The van der Waals surface area contributed by atoms with E-state index in [1.807, 2.05) is 70.1 Å². The molecule has 0 aliphatic heterocycles. The van der Waals surface area contributed by atoms with Gasteiger partial charge in [-0.15, -0.1) is 0 Å². The molecule has 7 heteroatoms. The van der Waals surface area contributed by atoms with Gasteiger partial charge in [-0.05, 0) is 44.2 Å². The molecule has 152 valence electrons. The third kappa shape index (κ3) is 4.67. The van der Waals surface area contributed by atoms with E-state index in [1.54, 1.807) is 12.3 Å². The molecule has 0 unspecified atom stereocenters. The van der Waals surface area contributed by atoms with E-state index in [1.165, 1.54) is 4.68 Å². The van der Waals surface area contributed by atoms with Gasteiger partial charge in [-0.2, -0.15) is 9.78 Å². The predicted octanol–water partition coefficient (Wildman–Crippen LogP) is 4.46. The summed E-state index contributed by atoms with van der Waals surface area (Å²) >= 11 is 3.42. The van der Waals surface area contributed by atoms with Crippen LogP contribution in [0.4, 0.5) is 5.69 Å². The van der Waals surface area contributed by atoms with Gasteiger partial charge in [-0.1, -0.05) is 22.9 Å². The number of ether oxygens (including phenoxy) is 1. The molecule has 0 amide bonds. The number of nitrogens with zero attached hydrogens (tertiary/aromatic N) is 4. The number of benzene rings is 2. The van der Waals surface area contributed by atoms with Gasteiger partial charge in [-0.25, -0.2) is 4.98 Å². The van der Waals surface area contributed by atoms with Crippen LogP contribution in [-0.4, -0.2) is 36.1 Å². The minimum atomic E-state index is -0.194. The Labute approximate surface area is 179 Å². The van der Waals surface area contributed by atoms with Crippen molar-refractivity contribution >= 4 is 38.7 Å². The molecular weight excluding hydrogens is 432 g/mol. The zero-order valence-electron chi connectivity index (χ0n) is 17.3. The molecule has 0 aliphatic carbocycles. The number of aromatic nitrogens is 2. The molecule has 1 aromatic heterocycles. The van der Waals surface area contributed by atoms with Crippen molar-refractivity contribution < 1.29 is 4.74 Å². The van der Waals surface area contributed by atoms with E-state index in [0.29, 0.717) is 23.1 Å². The van der Waals surface area contributed by atoms with Crippen LogP contribution >= 0.6 is 15.9 Å². The molecule has 0 saturated heterocycles. The molecule has 0 fully saturated rings. The Kier molecular flexibility index (Phi) is 6.37. The molecule has 0 spiro atoms. The van der Waals surface area contributed by atoms with Crippen molar-refractivity contribution in [1.82, 2.24) is 9.66 Å². The summed E-state index contributed by atoms with van der Waals surface area (Å²) in [6.07, 6.45) is 2.27. The molecule has 0 saturated carbocycles. The summed E-state index contributed by atoms with van der Waals surface area (Å²) in [5.41, 5.74) is 2.30. The van der Waals surface area contributed by atoms with Gasteiger partial charge >= 0.3 is 0 Å². The first-order valence-electron chi connectivity index (χ1n) is 9.53. The van der Waals surface area contributed by atoms with Crippen molar-refractivity contribution in [3.8, 4) is 5.75 Å². The lowest BCUT2D eigenvalue weighted by molar-refractivity contribution is 0.242. The zero-order chi connectivity index (χ0) is 21.1. The molecular formula is C22H25BrN4O2. The summed E-state index contributed by atoms with van der Waals surface area (Å²) in [7, 11) is 3.96. The van der Waals surface area contributed by atoms with Gasteiger partial charge < -0.3 is 9.64 Å². The second-order valence-corrected chi connectivity index (χ2v) is 8.10. The average Bonchev–Trinajstić information content (AvgIpc) is 2.67. The maximum absolute atomic E-state index is 13.0. The number of hydrogen-bond donors (Lipinski definition) is 0. The number of anilines is 1. The average molecular weight is 457 g/mol. The fraction of sp³-hybridized carbons (Fsp3) is 0.318. The molecule has 29 heavy (non-hydrogen) atoms. The fourth-order valence-corrected chi connectivity index (χ4v) is 3.29. The van der Waals surface area contributed by atoms with Gasteiger partial charge in [0.25, 0.3) is 5.56 Å². The van der Waals surface area contributed by atoms with E-state index < -0.39 is 0 Å². The van der Waals surface area contributed by atoms with E-state index in [9.17, 15) is 4.79 Å². The third-order valence-corrected chi connectivity index (χ3v) is 4.87. The van der Waals surface area contributed by atoms with Crippen LogP contribution in [0.1, 0.15) is 32.2 Å². The Morgan fingerprint density at radius 2 is 2.00 bits per heavy atom. The highest BCUT2D eigenvalue weighted by molar-refractivity contribution is 9.10. The number of fused-ring (bicyclic) bond motifs is 1. The van der Waals surface area contributed by atoms with Crippen LogP contribution in [0.3, 0.4) is 0 Å². The van der Waals surface area contributed by atoms with Crippen molar-refractivity contribution in [1.29, 1.82) is 0 Å². The van der Waals surface area contributed by atoms with E-state index >= 15 is 0 Å². The molecule has 6 nitrogen and oxygen atoms in total. The minimum Gasteiger partial charge on any atom is -0.490 e. The molecule has 2 aromatic carbocycles. The first-order chi connectivity index (χ1) is 13.8. The summed E-state index contributed by atoms with van der Waals surface area (Å²) < 4.78 is 8.17. The Morgan fingerprint density at radius 3 is 2.66 bits per heavy atom. The highest BCUT2D eigenvalue weighted by Crippen LogP contribution is 2.25. The van der Waals surface area contributed by atoms with Crippen LogP contribution in [0.2, 0.25) is 0 Å². The molecule has 0 bridgehead atoms. The molecule has 3 rings (SSSR count). The zero-order valence-corrected chi connectivity index (χ0v) is 18.9. The lowest BCUT2D eigenvalue weighted by Crippen LogP contribution is -2.22. The monoisotopic (exact) mass is 456 g/mol. The molecule has 0 radical (unpaired) electrons. The van der Waals surface area contributed by atoms with Crippen LogP contribution in [0, 0.1) is 0 Å². The van der Waals surface area contributed by atoms with Crippen molar-refractivity contribution in [2.24, 2.45) is 5.10 Å². The van der Waals surface area contributed by atoms with Crippen molar-refractivity contribution in [2.75, 3.05) is 19.0 Å². The van der Waals surface area contributed by atoms with Gasteiger partial charge in [-0.3, -0.25) is 4.79 Å². The Bertz CT molecular complexity index is 1120. The Hall–Kier alpha value is -2.67. The summed E-state index contributed by atoms with van der Waals surface area (Å²) in [5, 5.41) is 5.00. The highest BCUT2D eigenvalue weighted by Gasteiger charge is 2.11. The Balaban J connectivity index is 2.11. The second kappa shape index (κ2) is 8.78. The van der Waals surface area contributed by atoms with Gasteiger partial charge in [0.15, 0.2) is 0 Å². The fourth-order valence-electron chi connectivity index (χ4n) is 2.93. The van der Waals surface area contributed by atoms with Gasteiger partial charge in [0.1, 0.15) is 11.6 Å². The first-order valence-corrected chi connectivity index (χ1v) is 10.3. The van der Waals surface area contributed by atoms with Crippen molar-refractivity contribution in [2.45, 2.75) is 33.3 Å². The van der Waals surface area contributed by atoms with Crippen LogP contribution in [0.15, 0.2) is 50.8 Å². The lowest BCUT2D eigenvalue weighted by Gasteiger charge is -2.17. The second-order valence-electron chi connectivity index (χ2n) is 7.19. The van der Waals surface area contributed by atoms with Crippen LogP contribution in [0.25, 0.3) is 10.9 Å². The van der Waals surface area contributed by atoms with Crippen molar-refractivity contribution in [3.63, 3.8) is 0 Å². The maximum atomic E-state index is 13.0. The summed E-state index contributed by atoms with van der Waals surface area (Å²) in [6.45, 7) is 5.92. The molecule has 0 atom stereocenters. The normalized spacial score (nSPS) is 11.6. The van der Waals surface area contributed by atoms with Gasteiger partial charge in [0.05, 0.1) is 23.2 Å². The van der Waals surface area contributed by atoms with E-state index in [4.69, 9.17) is 4.74 Å². The smallest absolute Gasteiger partial charge is 0.282 e. The highest BCUT2D eigenvalue weighted by atomic mass is 79.9. The molecule has 0 aliphatic rings. The molecule has 1 heterocycles. The minimum absolute atomic E-state index is 0.0215. The van der Waals surface area contributed by atoms with E-state index in [-0.39, 0.29) is 11.7 Å². The number of hydrogen-bond acceptors (Lipinski definition) is 5. The van der Waals surface area contributed by atoms with E-state index in [0.717, 1.165) is 21.5 Å². The Morgan fingerprint density at radius 1 is 1.24 bits per heavy atom. The largest absolute Gasteiger partial charge is 0.490 e. The van der Waals surface area contributed by atoms with Crippen LogP contribution < -0.4 is 15.2 Å². The topological polar surface area (TPSA) is 59.7 Å². The van der Waals surface area contributed by atoms with Gasteiger partial charge in [0.2, 0.25) is 0 Å². The molecule has 0 N–H and O–H groups in total.